The van der Waals surface area contributed by atoms with Crippen molar-refractivity contribution >= 4 is 11.9 Å². The molecule has 0 aliphatic heterocycles. The zero-order chi connectivity index (χ0) is 22.1. The van der Waals surface area contributed by atoms with Gasteiger partial charge in [0, 0.05) is 45.4 Å². The van der Waals surface area contributed by atoms with Gasteiger partial charge in [0.1, 0.15) is 11.5 Å². The lowest BCUT2D eigenvalue weighted by molar-refractivity contribution is 0.0827. The summed E-state index contributed by atoms with van der Waals surface area (Å²) in [6, 6.07) is 25.2. The van der Waals surface area contributed by atoms with Crippen LogP contribution in [0.2, 0.25) is 0 Å². The number of amides is 1. The van der Waals surface area contributed by atoms with E-state index in [0.29, 0.717) is 24.6 Å². The molecule has 0 saturated carbocycles. The number of carbonyl (C=O) groups excluding carboxylic acids is 1. The fourth-order valence-corrected chi connectivity index (χ4v) is 2.97. The van der Waals surface area contributed by atoms with Crippen molar-refractivity contribution < 1.29 is 9.53 Å². The molecule has 160 valence electrons. The van der Waals surface area contributed by atoms with Crippen molar-refractivity contribution in [1.82, 2.24) is 15.5 Å². The third-order valence-corrected chi connectivity index (χ3v) is 4.68. The van der Waals surface area contributed by atoms with E-state index in [1.165, 1.54) is 0 Å². The van der Waals surface area contributed by atoms with Gasteiger partial charge in [0.05, 0.1) is 0 Å². The zero-order valence-corrected chi connectivity index (χ0v) is 18.1. The monoisotopic (exact) mass is 416 g/mol. The molecule has 2 N–H and O–H groups in total. The molecule has 0 aliphatic rings. The largest absolute Gasteiger partial charge is 0.457 e. The molecule has 3 rings (SSSR count). The number of guanidine groups is 1. The van der Waals surface area contributed by atoms with Crippen molar-refractivity contribution in [3.63, 3.8) is 0 Å². The molecule has 0 spiro atoms. The lowest BCUT2D eigenvalue weighted by atomic mass is 10.1. The number of ether oxygens (including phenoxy) is 1. The van der Waals surface area contributed by atoms with Gasteiger partial charge in [0.2, 0.25) is 0 Å². The predicted octanol–water partition coefficient (Wildman–Crippen LogP) is 4.05. The number of nitrogens with one attached hydrogen (secondary N) is 2. The van der Waals surface area contributed by atoms with E-state index in [1.807, 2.05) is 78.9 Å². The Morgan fingerprint density at radius 2 is 1.52 bits per heavy atom. The number of hydrogen-bond acceptors (Lipinski definition) is 3. The number of nitrogens with zero attached hydrogens (tertiary/aromatic N) is 2. The SMILES string of the molecule is CN=C(NCc1ccc(C(=O)N(C)C)cc1)NCc1ccccc1Oc1ccccc1. The van der Waals surface area contributed by atoms with Gasteiger partial charge in [0.25, 0.3) is 5.91 Å². The van der Waals surface area contributed by atoms with Gasteiger partial charge in [-0.1, -0.05) is 48.5 Å². The summed E-state index contributed by atoms with van der Waals surface area (Å²) in [6.07, 6.45) is 0. The number of hydrogen-bond donors (Lipinski definition) is 2. The van der Waals surface area contributed by atoms with E-state index in [4.69, 9.17) is 4.74 Å². The molecule has 0 aromatic heterocycles. The fourth-order valence-electron chi connectivity index (χ4n) is 2.97. The van der Waals surface area contributed by atoms with Crippen molar-refractivity contribution in [2.75, 3.05) is 21.1 Å². The molecule has 0 unspecified atom stereocenters. The van der Waals surface area contributed by atoms with Crippen LogP contribution in [0, 0.1) is 0 Å². The second-order valence-corrected chi connectivity index (χ2v) is 7.20. The summed E-state index contributed by atoms with van der Waals surface area (Å²) in [5.41, 5.74) is 2.76. The van der Waals surface area contributed by atoms with Gasteiger partial charge in [-0.2, -0.15) is 0 Å². The average molecular weight is 417 g/mol. The van der Waals surface area contributed by atoms with Gasteiger partial charge in [-0.25, -0.2) is 0 Å². The Kier molecular flexibility index (Phi) is 7.65. The van der Waals surface area contributed by atoms with Crippen LogP contribution < -0.4 is 15.4 Å². The topological polar surface area (TPSA) is 66.0 Å². The zero-order valence-electron chi connectivity index (χ0n) is 18.1. The molecule has 0 heterocycles. The summed E-state index contributed by atoms with van der Waals surface area (Å²) in [6.45, 7) is 1.16. The molecule has 0 bridgehead atoms. The lowest BCUT2D eigenvalue weighted by Crippen LogP contribution is -2.36. The van der Waals surface area contributed by atoms with E-state index in [-0.39, 0.29) is 5.91 Å². The van der Waals surface area contributed by atoms with Gasteiger partial charge in [-0.3, -0.25) is 9.79 Å². The standard InChI is InChI=1S/C25H28N4O2/c1-26-25(27-17-19-13-15-20(16-14-19)24(30)29(2)3)28-18-21-9-7-8-12-23(21)31-22-10-5-4-6-11-22/h4-16H,17-18H2,1-3H3,(H2,26,27,28). The molecule has 0 fully saturated rings. The lowest BCUT2D eigenvalue weighted by Gasteiger charge is -2.15. The maximum absolute atomic E-state index is 12.0. The van der Waals surface area contributed by atoms with Crippen molar-refractivity contribution in [2.24, 2.45) is 4.99 Å². The number of benzene rings is 3. The average Bonchev–Trinajstić information content (AvgIpc) is 2.80. The van der Waals surface area contributed by atoms with Crippen molar-refractivity contribution in [3.05, 3.63) is 95.6 Å². The van der Waals surface area contributed by atoms with E-state index in [9.17, 15) is 4.79 Å². The second kappa shape index (κ2) is 10.8. The predicted molar refractivity (Wildman–Crippen MR) is 124 cm³/mol. The number of carbonyl (C=O) groups is 1. The number of para-hydroxylation sites is 2. The number of aliphatic imine (C=N–C) groups is 1. The Bertz CT molecular complexity index is 1020. The van der Waals surface area contributed by atoms with Crippen molar-refractivity contribution in [2.45, 2.75) is 13.1 Å². The quantitative estimate of drug-likeness (QED) is 0.451. The molecular formula is C25H28N4O2. The summed E-state index contributed by atoms with van der Waals surface area (Å²) in [5.74, 6) is 2.28. The van der Waals surface area contributed by atoms with Crippen LogP contribution in [0.3, 0.4) is 0 Å². The molecule has 6 heteroatoms. The highest BCUT2D eigenvalue weighted by atomic mass is 16.5. The first-order valence-electron chi connectivity index (χ1n) is 10.1. The van der Waals surface area contributed by atoms with Crippen LogP contribution in [0.1, 0.15) is 21.5 Å². The Hall–Kier alpha value is -3.80. The van der Waals surface area contributed by atoms with Crippen LogP contribution in [0.4, 0.5) is 0 Å². The molecule has 31 heavy (non-hydrogen) atoms. The van der Waals surface area contributed by atoms with Crippen molar-refractivity contribution in [3.8, 4) is 11.5 Å². The smallest absolute Gasteiger partial charge is 0.253 e. The summed E-state index contributed by atoms with van der Waals surface area (Å²) < 4.78 is 6.02. The highest BCUT2D eigenvalue weighted by molar-refractivity contribution is 5.93. The van der Waals surface area contributed by atoms with Gasteiger partial charge in [-0.15, -0.1) is 0 Å². The van der Waals surface area contributed by atoms with Crippen LogP contribution >= 0.6 is 0 Å². The first kappa shape index (κ1) is 21.9. The van der Waals surface area contributed by atoms with Gasteiger partial charge < -0.3 is 20.3 Å². The number of rotatable bonds is 7. The highest BCUT2D eigenvalue weighted by Crippen LogP contribution is 2.24. The summed E-state index contributed by atoms with van der Waals surface area (Å²) in [7, 11) is 5.23. The van der Waals surface area contributed by atoms with E-state index in [1.54, 1.807) is 26.0 Å². The van der Waals surface area contributed by atoms with Crippen LogP contribution in [-0.2, 0) is 13.1 Å². The van der Waals surface area contributed by atoms with E-state index >= 15 is 0 Å². The van der Waals surface area contributed by atoms with Crippen LogP contribution in [0.25, 0.3) is 0 Å². The van der Waals surface area contributed by atoms with Gasteiger partial charge in [-0.05, 0) is 35.9 Å². The molecule has 1 amide bonds. The highest BCUT2D eigenvalue weighted by Gasteiger charge is 2.08. The Morgan fingerprint density at radius 1 is 0.871 bits per heavy atom. The third kappa shape index (κ3) is 6.34. The molecule has 0 radical (unpaired) electrons. The Labute approximate surface area is 183 Å². The molecule has 3 aromatic carbocycles. The Morgan fingerprint density at radius 3 is 2.19 bits per heavy atom. The second-order valence-electron chi connectivity index (χ2n) is 7.20. The molecule has 0 atom stereocenters. The minimum atomic E-state index is -0.00614. The first-order chi connectivity index (χ1) is 15.1. The summed E-state index contributed by atoms with van der Waals surface area (Å²) in [4.78, 5) is 17.9. The molecular weight excluding hydrogens is 388 g/mol. The van der Waals surface area contributed by atoms with Crippen LogP contribution in [-0.4, -0.2) is 37.9 Å². The molecule has 6 nitrogen and oxygen atoms in total. The Balaban J connectivity index is 1.56. The fraction of sp³-hybridized carbons (Fsp3) is 0.200. The normalized spacial score (nSPS) is 11.0. The van der Waals surface area contributed by atoms with E-state index in [2.05, 4.69) is 15.6 Å². The third-order valence-electron chi connectivity index (χ3n) is 4.68. The minimum absolute atomic E-state index is 0.00614. The molecule has 0 aliphatic carbocycles. The maximum Gasteiger partial charge on any atom is 0.253 e. The van der Waals surface area contributed by atoms with Crippen LogP contribution in [0.5, 0.6) is 11.5 Å². The van der Waals surface area contributed by atoms with Crippen LogP contribution in [0.15, 0.2) is 83.9 Å². The van der Waals surface area contributed by atoms with Gasteiger partial charge in [0.15, 0.2) is 5.96 Å². The summed E-state index contributed by atoms with van der Waals surface area (Å²) >= 11 is 0. The molecule has 0 saturated heterocycles. The van der Waals surface area contributed by atoms with E-state index < -0.39 is 0 Å². The summed E-state index contributed by atoms with van der Waals surface area (Å²) in [5, 5.41) is 6.62. The van der Waals surface area contributed by atoms with Gasteiger partial charge >= 0.3 is 0 Å². The van der Waals surface area contributed by atoms with E-state index in [0.717, 1.165) is 22.6 Å². The van der Waals surface area contributed by atoms with Crippen molar-refractivity contribution in [1.29, 1.82) is 0 Å². The maximum atomic E-state index is 12.0. The first-order valence-corrected chi connectivity index (χ1v) is 10.1. The minimum Gasteiger partial charge on any atom is -0.457 e. The molecule has 3 aromatic rings.